The Kier molecular flexibility index (Phi) is 5.20. The van der Waals surface area contributed by atoms with Crippen LogP contribution in [-0.2, 0) is 9.53 Å². The number of halogens is 7. The number of hydrogen-bond donors (Lipinski definition) is 0. The van der Waals surface area contributed by atoms with E-state index in [2.05, 4.69) is 9.47 Å². The summed E-state index contributed by atoms with van der Waals surface area (Å²) >= 11 is 1.61. The van der Waals surface area contributed by atoms with E-state index in [1.165, 1.54) is 0 Å². The molecule has 1 aromatic carbocycles. The maximum Gasteiger partial charge on any atom is 0.573 e. The van der Waals surface area contributed by atoms with E-state index in [0.717, 1.165) is 24.3 Å². The summed E-state index contributed by atoms with van der Waals surface area (Å²) in [4.78, 5) is 11.7. The number of alkyl halides is 7. The topological polar surface area (TPSA) is 44.8 Å². The van der Waals surface area contributed by atoms with Crippen molar-refractivity contribution in [2.24, 2.45) is 0 Å². The van der Waals surface area contributed by atoms with E-state index in [1.807, 2.05) is 0 Å². The lowest BCUT2D eigenvalue weighted by Gasteiger charge is -2.28. The van der Waals surface area contributed by atoms with Gasteiger partial charge in [-0.05, 0) is 46.9 Å². The van der Waals surface area contributed by atoms with Gasteiger partial charge in [0, 0.05) is 5.56 Å². The Balaban J connectivity index is 2.44. The lowest BCUT2D eigenvalue weighted by molar-refractivity contribution is -0.274. The number of esters is 1. The summed E-state index contributed by atoms with van der Waals surface area (Å²) in [5.41, 5.74) is -1.03. The molecule has 0 N–H and O–H groups in total. The number of rotatable bonds is 3. The molecule has 132 valence electrons. The first kappa shape index (κ1) is 18.7. The summed E-state index contributed by atoms with van der Waals surface area (Å²) in [5, 5.41) is 0. The molecular weight excluding hydrogens is 461 g/mol. The number of carbonyl (C=O) groups excluding carboxylic acids is 1. The van der Waals surface area contributed by atoms with Gasteiger partial charge >= 0.3 is 18.5 Å². The molecule has 11 heteroatoms. The van der Waals surface area contributed by atoms with E-state index in [4.69, 9.17) is 4.74 Å². The van der Waals surface area contributed by atoms with Crippen LogP contribution in [0.25, 0.3) is 6.08 Å². The highest BCUT2D eigenvalue weighted by atomic mass is 127. The molecule has 0 unspecified atom stereocenters. The molecule has 24 heavy (non-hydrogen) atoms. The number of carbonyl (C=O) groups is 1. The van der Waals surface area contributed by atoms with Gasteiger partial charge in [0.05, 0.1) is 5.57 Å². The normalized spacial score (nSPS) is 17.5. The van der Waals surface area contributed by atoms with Gasteiger partial charge in [0.2, 0.25) is 6.10 Å². The van der Waals surface area contributed by atoms with E-state index in [-0.39, 0.29) is 15.9 Å². The number of benzene rings is 1. The maximum absolute atomic E-state index is 13.0. The Bertz CT molecular complexity index is 667. The van der Waals surface area contributed by atoms with Crippen molar-refractivity contribution in [3.05, 3.63) is 29.3 Å². The van der Waals surface area contributed by atoms with Crippen molar-refractivity contribution in [1.29, 1.82) is 0 Å². The molecule has 0 saturated heterocycles. The third kappa shape index (κ3) is 4.45. The molecule has 0 spiro atoms. The lowest BCUT2D eigenvalue weighted by Crippen LogP contribution is -2.40. The molecule has 1 heterocycles. The van der Waals surface area contributed by atoms with Crippen molar-refractivity contribution < 1.29 is 45.3 Å². The molecule has 1 aliphatic heterocycles. The number of ether oxygens (including phenoxy) is 3. The first-order chi connectivity index (χ1) is 11.0. The van der Waals surface area contributed by atoms with E-state index < -0.39 is 35.9 Å². The zero-order chi connectivity index (χ0) is 18.1. The highest BCUT2D eigenvalue weighted by Crippen LogP contribution is 2.39. The summed E-state index contributed by atoms with van der Waals surface area (Å²) < 4.78 is 88.5. The molecule has 4 nitrogen and oxygen atoms in total. The fraction of sp³-hybridized carbons (Fsp3) is 0.308. The standard InChI is InChI=1S/C13H7F6IO4/c14-12(15,16)10-8(11(21)22-5-20)4-6-3-7(24-13(17,18)19)1-2-9(6)23-10/h1-4,10H,5H2/t10-/m0/s1. The van der Waals surface area contributed by atoms with Crippen molar-refractivity contribution in [3.63, 3.8) is 0 Å². The number of fused-ring (bicyclic) bond motifs is 1. The van der Waals surface area contributed by atoms with Gasteiger partial charge in [-0.2, -0.15) is 13.2 Å². The van der Waals surface area contributed by atoms with Gasteiger partial charge in [-0.3, -0.25) is 0 Å². The molecule has 1 aliphatic rings. The monoisotopic (exact) mass is 468 g/mol. The highest BCUT2D eigenvalue weighted by Gasteiger charge is 2.49. The Labute approximate surface area is 144 Å². The second-order valence-corrected chi connectivity index (χ2v) is 5.05. The number of hydrogen-bond acceptors (Lipinski definition) is 4. The molecule has 1 atom stereocenters. The minimum atomic E-state index is -4.97. The van der Waals surface area contributed by atoms with Crippen LogP contribution in [-0.4, -0.2) is 29.2 Å². The maximum atomic E-state index is 13.0. The van der Waals surface area contributed by atoms with Crippen molar-refractivity contribution in [1.82, 2.24) is 0 Å². The molecule has 0 saturated carbocycles. The average Bonchev–Trinajstić information content (AvgIpc) is 2.43. The van der Waals surface area contributed by atoms with Crippen LogP contribution in [0.5, 0.6) is 11.5 Å². The van der Waals surface area contributed by atoms with Crippen LogP contribution >= 0.6 is 22.6 Å². The zero-order valence-corrected chi connectivity index (χ0v) is 13.5. The van der Waals surface area contributed by atoms with E-state index in [1.54, 1.807) is 22.6 Å². The Morgan fingerprint density at radius 2 is 1.88 bits per heavy atom. The second-order valence-electron chi connectivity index (χ2n) is 4.43. The van der Waals surface area contributed by atoms with Crippen LogP contribution in [0.2, 0.25) is 0 Å². The second kappa shape index (κ2) is 6.69. The molecule has 0 aliphatic carbocycles. The van der Waals surface area contributed by atoms with E-state index >= 15 is 0 Å². The molecule has 0 bridgehead atoms. The molecule has 1 aromatic rings. The van der Waals surface area contributed by atoms with Crippen molar-refractivity contribution >= 4 is 34.6 Å². The summed E-state index contributed by atoms with van der Waals surface area (Å²) in [6.07, 6.45) is -11.7. The summed E-state index contributed by atoms with van der Waals surface area (Å²) in [5.74, 6) is -2.27. The largest absolute Gasteiger partial charge is 0.573 e. The summed E-state index contributed by atoms with van der Waals surface area (Å²) in [7, 11) is 0. The van der Waals surface area contributed by atoms with Crippen LogP contribution in [0.3, 0.4) is 0 Å². The van der Waals surface area contributed by atoms with Gasteiger partial charge in [0.1, 0.15) is 16.1 Å². The quantitative estimate of drug-likeness (QED) is 0.289. The molecule has 0 fully saturated rings. The fourth-order valence-corrected chi connectivity index (χ4v) is 2.20. The Morgan fingerprint density at radius 1 is 1.21 bits per heavy atom. The summed E-state index contributed by atoms with van der Waals surface area (Å²) in [6, 6.07) is 2.51. The zero-order valence-electron chi connectivity index (χ0n) is 11.4. The van der Waals surface area contributed by atoms with Crippen molar-refractivity contribution in [2.45, 2.75) is 18.6 Å². The molecule has 2 rings (SSSR count). The SMILES string of the molecule is O=C(OCI)C1=Cc2cc(OC(F)(F)F)ccc2O[C@@H]1C(F)(F)F. The van der Waals surface area contributed by atoms with Crippen molar-refractivity contribution in [2.75, 3.05) is 4.61 Å². The minimum Gasteiger partial charge on any atom is -0.475 e. The van der Waals surface area contributed by atoms with Crippen LogP contribution in [0.4, 0.5) is 26.3 Å². The van der Waals surface area contributed by atoms with Crippen LogP contribution in [0.1, 0.15) is 5.56 Å². The van der Waals surface area contributed by atoms with Gasteiger partial charge < -0.3 is 14.2 Å². The van der Waals surface area contributed by atoms with Crippen LogP contribution in [0, 0.1) is 0 Å². The predicted molar refractivity (Wildman–Crippen MR) is 76.6 cm³/mol. The fourth-order valence-electron chi connectivity index (χ4n) is 1.92. The van der Waals surface area contributed by atoms with Gasteiger partial charge in [-0.1, -0.05) is 0 Å². The van der Waals surface area contributed by atoms with Crippen molar-refractivity contribution in [3.8, 4) is 11.5 Å². The average molecular weight is 468 g/mol. The third-order valence-corrected chi connectivity index (χ3v) is 3.08. The van der Waals surface area contributed by atoms with Crippen LogP contribution in [0.15, 0.2) is 23.8 Å². The van der Waals surface area contributed by atoms with Gasteiger partial charge in [0.25, 0.3) is 0 Å². The van der Waals surface area contributed by atoms with Gasteiger partial charge in [-0.15, -0.1) is 13.2 Å². The Hall–Kier alpha value is -1.66. The Morgan fingerprint density at radius 3 is 2.42 bits per heavy atom. The molecule has 0 aromatic heterocycles. The third-order valence-electron chi connectivity index (χ3n) is 2.77. The summed E-state index contributed by atoms with van der Waals surface area (Å²) in [6.45, 7) is 0. The smallest absolute Gasteiger partial charge is 0.475 e. The molecule has 0 amide bonds. The van der Waals surface area contributed by atoms with E-state index in [0.29, 0.717) is 0 Å². The highest BCUT2D eigenvalue weighted by molar-refractivity contribution is 14.1. The predicted octanol–water partition coefficient (Wildman–Crippen LogP) is 4.23. The van der Waals surface area contributed by atoms with E-state index in [9.17, 15) is 31.1 Å². The molecule has 0 radical (unpaired) electrons. The van der Waals surface area contributed by atoms with Gasteiger partial charge in [-0.25, -0.2) is 4.79 Å². The van der Waals surface area contributed by atoms with Gasteiger partial charge in [0.15, 0.2) is 0 Å². The van der Waals surface area contributed by atoms with Crippen LogP contribution < -0.4 is 9.47 Å². The first-order valence-electron chi connectivity index (χ1n) is 6.09. The first-order valence-corrected chi connectivity index (χ1v) is 7.61. The minimum absolute atomic E-state index is 0.169. The lowest BCUT2D eigenvalue weighted by atomic mass is 10.0. The molecular formula is C13H7F6IO4.